The molecule has 1 aromatic heterocycles. The molecular weight excluding hydrogens is 308 g/mol. The number of anilines is 1. The van der Waals surface area contributed by atoms with Gasteiger partial charge in [0.25, 0.3) is 5.91 Å². The number of fused-ring (bicyclic) bond motifs is 1. The standard InChI is InChI=1S/C17H16N4O3/c1-24-12-8-6-11(7-9-12)18-10-15(22)20-21-16-13-4-2-3-5-14(13)19-17(16)23/h2-9,18-19,23H,10H2,1H3. The summed E-state index contributed by atoms with van der Waals surface area (Å²) in [5.41, 5.74) is 1.76. The molecule has 24 heavy (non-hydrogen) atoms. The number of ether oxygens (including phenoxy) is 1. The van der Waals surface area contributed by atoms with Crippen molar-refractivity contribution < 1.29 is 14.6 Å². The average Bonchev–Trinajstić information content (AvgIpc) is 2.93. The predicted octanol–water partition coefficient (Wildman–Crippen LogP) is 3.60. The van der Waals surface area contributed by atoms with Crippen LogP contribution in [0.2, 0.25) is 0 Å². The molecule has 122 valence electrons. The zero-order chi connectivity index (χ0) is 16.9. The molecule has 0 aliphatic rings. The molecule has 0 saturated heterocycles. The van der Waals surface area contributed by atoms with Crippen LogP contribution in [0.25, 0.3) is 10.9 Å². The summed E-state index contributed by atoms with van der Waals surface area (Å²) < 4.78 is 5.07. The molecule has 3 aromatic rings. The summed E-state index contributed by atoms with van der Waals surface area (Å²) in [6, 6.07) is 14.4. The van der Waals surface area contributed by atoms with Crippen molar-refractivity contribution in [3.63, 3.8) is 0 Å². The van der Waals surface area contributed by atoms with Crippen LogP contribution < -0.4 is 10.1 Å². The first kappa shape index (κ1) is 15.5. The Morgan fingerprint density at radius 3 is 2.71 bits per heavy atom. The number of methoxy groups -OCH3 is 1. The van der Waals surface area contributed by atoms with Crippen LogP contribution in [0.5, 0.6) is 11.6 Å². The minimum absolute atomic E-state index is 0.00105. The van der Waals surface area contributed by atoms with Crippen LogP contribution in [-0.4, -0.2) is 29.7 Å². The zero-order valence-electron chi connectivity index (χ0n) is 13.0. The molecule has 0 aliphatic heterocycles. The number of rotatable bonds is 5. The Labute approximate surface area is 138 Å². The number of benzene rings is 2. The molecule has 1 amide bonds. The number of nitrogens with one attached hydrogen (secondary N) is 2. The highest BCUT2D eigenvalue weighted by molar-refractivity contribution is 5.94. The Morgan fingerprint density at radius 1 is 1.21 bits per heavy atom. The van der Waals surface area contributed by atoms with Crippen LogP contribution in [0.1, 0.15) is 0 Å². The Hall–Kier alpha value is -3.35. The summed E-state index contributed by atoms with van der Waals surface area (Å²) in [5.74, 6) is 0.174. The van der Waals surface area contributed by atoms with E-state index in [0.717, 1.165) is 17.0 Å². The van der Waals surface area contributed by atoms with Crippen LogP contribution in [0.15, 0.2) is 58.8 Å². The number of H-pyrrole nitrogens is 1. The highest BCUT2D eigenvalue weighted by atomic mass is 16.5. The number of aromatic nitrogens is 1. The van der Waals surface area contributed by atoms with Gasteiger partial charge < -0.3 is 20.1 Å². The summed E-state index contributed by atoms with van der Waals surface area (Å²) in [5, 5.41) is 21.0. The van der Waals surface area contributed by atoms with E-state index in [1.807, 2.05) is 12.1 Å². The molecule has 0 unspecified atom stereocenters. The number of hydrogen-bond donors (Lipinski definition) is 3. The number of aromatic hydroxyl groups is 1. The Balaban J connectivity index is 1.65. The van der Waals surface area contributed by atoms with Crippen LogP contribution in [-0.2, 0) is 4.79 Å². The van der Waals surface area contributed by atoms with E-state index in [0.29, 0.717) is 5.39 Å². The van der Waals surface area contributed by atoms with Crippen molar-refractivity contribution in [1.82, 2.24) is 4.98 Å². The van der Waals surface area contributed by atoms with Gasteiger partial charge in [0, 0.05) is 11.1 Å². The maximum absolute atomic E-state index is 11.8. The van der Waals surface area contributed by atoms with Crippen LogP contribution >= 0.6 is 0 Å². The molecule has 7 nitrogen and oxygen atoms in total. The average molecular weight is 324 g/mol. The van der Waals surface area contributed by atoms with Crippen molar-refractivity contribution >= 4 is 28.2 Å². The summed E-state index contributed by atoms with van der Waals surface area (Å²) in [4.78, 5) is 14.6. The molecular formula is C17H16N4O3. The van der Waals surface area contributed by atoms with E-state index in [1.165, 1.54) is 0 Å². The number of azo groups is 1. The van der Waals surface area contributed by atoms with Gasteiger partial charge in [-0.1, -0.05) is 18.2 Å². The topological polar surface area (TPSA) is 99.1 Å². The number of aromatic amines is 1. The molecule has 3 N–H and O–H groups in total. The molecule has 0 atom stereocenters. The lowest BCUT2D eigenvalue weighted by Crippen LogP contribution is -2.10. The van der Waals surface area contributed by atoms with Crippen molar-refractivity contribution in [1.29, 1.82) is 0 Å². The third kappa shape index (κ3) is 3.35. The van der Waals surface area contributed by atoms with E-state index < -0.39 is 5.91 Å². The smallest absolute Gasteiger partial charge is 0.283 e. The monoisotopic (exact) mass is 324 g/mol. The summed E-state index contributed by atoms with van der Waals surface area (Å²) in [6.45, 7) is -0.00105. The number of carbonyl (C=O) groups is 1. The first-order chi connectivity index (χ1) is 11.7. The van der Waals surface area contributed by atoms with E-state index in [-0.39, 0.29) is 18.1 Å². The maximum atomic E-state index is 11.8. The minimum Gasteiger partial charge on any atom is -0.497 e. The van der Waals surface area contributed by atoms with Gasteiger partial charge in [-0.2, -0.15) is 0 Å². The first-order valence-corrected chi connectivity index (χ1v) is 7.29. The van der Waals surface area contributed by atoms with E-state index in [2.05, 4.69) is 20.5 Å². The van der Waals surface area contributed by atoms with E-state index in [1.54, 1.807) is 43.5 Å². The van der Waals surface area contributed by atoms with E-state index in [4.69, 9.17) is 4.74 Å². The second-order valence-corrected chi connectivity index (χ2v) is 5.04. The molecule has 0 saturated carbocycles. The third-order valence-electron chi connectivity index (χ3n) is 3.45. The van der Waals surface area contributed by atoms with Gasteiger partial charge in [-0.05, 0) is 30.3 Å². The quantitative estimate of drug-likeness (QED) is 0.624. The summed E-state index contributed by atoms with van der Waals surface area (Å²) in [6.07, 6.45) is 0. The third-order valence-corrected chi connectivity index (χ3v) is 3.45. The molecule has 0 fully saturated rings. The molecule has 0 bridgehead atoms. The molecule has 1 heterocycles. The van der Waals surface area contributed by atoms with Gasteiger partial charge in [0.2, 0.25) is 5.88 Å². The number of hydrogen-bond acceptors (Lipinski definition) is 5. The lowest BCUT2D eigenvalue weighted by Gasteiger charge is -2.04. The lowest BCUT2D eigenvalue weighted by atomic mass is 10.2. The normalized spacial score (nSPS) is 11.0. The molecule has 2 aromatic carbocycles. The second-order valence-electron chi connectivity index (χ2n) is 5.04. The zero-order valence-corrected chi connectivity index (χ0v) is 13.0. The lowest BCUT2D eigenvalue weighted by molar-refractivity contribution is -0.116. The molecule has 0 aliphatic carbocycles. The van der Waals surface area contributed by atoms with Crippen molar-refractivity contribution in [3.8, 4) is 11.6 Å². The fourth-order valence-corrected chi connectivity index (χ4v) is 2.24. The summed E-state index contributed by atoms with van der Waals surface area (Å²) in [7, 11) is 1.59. The fourth-order valence-electron chi connectivity index (χ4n) is 2.24. The largest absolute Gasteiger partial charge is 0.497 e. The van der Waals surface area contributed by atoms with Gasteiger partial charge in [0.05, 0.1) is 19.2 Å². The van der Waals surface area contributed by atoms with Crippen LogP contribution in [0, 0.1) is 0 Å². The second kappa shape index (κ2) is 6.82. The predicted molar refractivity (Wildman–Crippen MR) is 91.0 cm³/mol. The highest BCUT2D eigenvalue weighted by Gasteiger charge is 2.10. The molecule has 3 rings (SSSR count). The van der Waals surface area contributed by atoms with E-state index in [9.17, 15) is 9.90 Å². The molecule has 0 spiro atoms. The van der Waals surface area contributed by atoms with E-state index >= 15 is 0 Å². The van der Waals surface area contributed by atoms with Crippen molar-refractivity contribution in [2.45, 2.75) is 0 Å². The van der Waals surface area contributed by atoms with Gasteiger partial charge in [0.1, 0.15) is 5.75 Å². The SMILES string of the molecule is COc1ccc(NCC(=O)N=Nc2c(O)[nH]c3ccccc23)cc1. The maximum Gasteiger partial charge on any atom is 0.283 e. The van der Waals surface area contributed by atoms with Gasteiger partial charge in [-0.25, -0.2) is 0 Å². The van der Waals surface area contributed by atoms with Crippen molar-refractivity contribution in [2.24, 2.45) is 10.2 Å². The summed E-state index contributed by atoms with van der Waals surface area (Å²) >= 11 is 0. The number of para-hydroxylation sites is 1. The number of carbonyl (C=O) groups excluding carboxylic acids is 1. The highest BCUT2D eigenvalue weighted by Crippen LogP contribution is 2.35. The van der Waals surface area contributed by atoms with Gasteiger partial charge in [0.15, 0.2) is 5.69 Å². The first-order valence-electron chi connectivity index (χ1n) is 7.29. The van der Waals surface area contributed by atoms with Crippen molar-refractivity contribution in [3.05, 3.63) is 48.5 Å². The number of amides is 1. The Morgan fingerprint density at radius 2 is 1.96 bits per heavy atom. The van der Waals surface area contributed by atoms with Gasteiger partial charge >= 0.3 is 0 Å². The van der Waals surface area contributed by atoms with Gasteiger partial charge in [-0.3, -0.25) is 4.79 Å². The minimum atomic E-state index is -0.449. The number of nitrogens with zero attached hydrogens (tertiary/aromatic N) is 2. The fraction of sp³-hybridized carbons (Fsp3) is 0.118. The molecule has 0 radical (unpaired) electrons. The van der Waals surface area contributed by atoms with Gasteiger partial charge in [-0.15, -0.1) is 10.2 Å². The molecule has 7 heteroatoms. The Bertz CT molecular complexity index is 884. The van der Waals surface area contributed by atoms with Crippen molar-refractivity contribution in [2.75, 3.05) is 19.0 Å². The van der Waals surface area contributed by atoms with Crippen LogP contribution in [0.3, 0.4) is 0 Å². The Kier molecular flexibility index (Phi) is 4.42. The van der Waals surface area contributed by atoms with Crippen LogP contribution in [0.4, 0.5) is 11.4 Å².